The molecule has 0 unspecified atom stereocenters. The Morgan fingerprint density at radius 1 is 1.35 bits per heavy atom. The van der Waals surface area contributed by atoms with E-state index in [-0.39, 0.29) is 23.6 Å². The highest BCUT2D eigenvalue weighted by Gasteiger charge is 2.34. The fourth-order valence-electron chi connectivity index (χ4n) is 2.05. The number of imide groups is 2. The molecule has 23 heavy (non-hydrogen) atoms. The minimum absolute atomic E-state index is 0.00490. The van der Waals surface area contributed by atoms with Crippen LogP contribution in [-0.2, 0) is 9.59 Å². The Hall–Kier alpha value is -3.09. The van der Waals surface area contributed by atoms with Crippen molar-refractivity contribution in [3.63, 3.8) is 0 Å². The smallest absolute Gasteiger partial charge is 0.331 e. The molecule has 1 fully saturated rings. The fourth-order valence-corrected chi connectivity index (χ4v) is 2.05. The van der Waals surface area contributed by atoms with E-state index in [1.807, 2.05) is 0 Å². The molecular weight excluding hydrogens is 300 g/mol. The van der Waals surface area contributed by atoms with E-state index < -0.39 is 17.8 Å². The molecule has 0 spiro atoms. The maximum atomic E-state index is 12.3. The summed E-state index contributed by atoms with van der Waals surface area (Å²) >= 11 is 0. The summed E-state index contributed by atoms with van der Waals surface area (Å²) in [6, 6.07) is 3.65. The van der Waals surface area contributed by atoms with Gasteiger partial charge in [0.2, 0.25) is 0 Å². The maximum absolute atomic E-state index is 12.3. The van der Waals surface area contributed by atoms with Crippen LogP contribution in [-0.4, -0.2) is 41.0 Å². The van der Waals surface area contributed by atoms with Crippen LogP contribution in [0, 0.1) is 0 Å². The molecule has 1 aliphatic heterocycles. The number of phenolic OH excluding ortho intramolecular Hbond substituents is 1. The van der Waals surface area contributed by atoms with Crippen LogP contribution >= 0.6 is 0 Å². The Balaban J connectivity index is 2.38. The van der Waals surface area contributed by atoms with E-state index in [0.717, 1.165) is 4.90 Å². The molecule has 2 rings (SSSR count). The lowest BCUT2D eigenvalue weighted by atomic mass is 10.1. The van der Waals surface area contributed by atoms with E-state index in [9.17, 15) is 19.5 Å². The van der Waals surface area contributed by atoms with Gasteiger partial charge >= 0.3 is 6.03 Å². The van der Waals surface area contributed by atoms with Crippen LogP contribution in [0.4, 0.5) is 4.79 Å². The van der Waals surface area contributed by atoms with Crippen LogP contribution < -0.4 is 10.1 Å². The lowest BCUT2D eigenvalue weighted by Gasteiger charge is -2.25. The first kappa shape index (κ1) is 16.3. The SMILES string of the molecule is C=CCN1C(=O)NC(=O)C(=Cc2ccc(O)c(OCC)c2)C1=O. The predicted molar refractivity (Wildman–Crippen MR) is 82.7 cm³/mol. The summed E-state index contributed by atoms with van der Waals surface area (Å²) in [4.78, 5) is 36.7. The van der Waals surface area contributed by atoms with Gasteiger partial charge in [0.15, 0.2) is 11.5 Å². The van der Waals surface area contributed by atoms with Crippen LogP contribution in [0.3, 0.4) is 0 Å². The highest BCUT2D eigenvalue weighted by molar-refractivity contribution is 6.31. The molecule has 1 aliphatic rings. The summed E-state index contributed by atoms with van der Waals surface area (Å²) in [5.41, 5.74) is 0.303. The largest absolute Gasteiger partial charge is 0.504 e. The quantitative estimate of drug-likeness (QED) is 0.487. The second-order valence-electron chi connectivity index (χ2n) is 4.68. The van der Waals surface area contributed by atoms with Gasteiger partial charge in [-0.1, -0.05) is 12.1 Å². The van der Waals surface area contributed by atoms with Gasteiger partial charge in [0.05, 0.1) is 6.61 Å². The average Bonchev–Trinajstić information content (AvgIpc) is 2.51. The molecule has 120 valence electrons. The standard InChI is InChI=1S/C16H16N2O5/c1-3-7-18-15(21)11(14(20)17-16(18)22)8-10-5-6-12(19)13(9-10)23-4-2/h3,5-6,8-9,19H,1,4,7H2,2H3,(H,17,20,22). The van der Waals surface area contributed by atoms with E-state index in [2.05, 4.69) is 11.9 Å². The van der Waals surface area contributed by atoms with Gasteiger partial charge in [0.1, 0.15) is 5.57 Å². The number of nitrogens with one attached hydrogen (secondary N) is 1. The van der Waals surface area contributed by atoms with Gasteiger partial charge in [-0.25, -0.2) is 4.79 Å². The third-order valence-electron chi connectivity index (χ3n) is 3.09. The molecule has 1 aromatic carbocycles. The molecule has 7 heteroatoms. The number of urea groups is 1. The van der Waals surface area contributed by atoms with Crippen LogP contribution in [0.2, 0.25) is 0 Å². The molecule has 2 N–H and O–H groups in total. The first-order valence-corrected chi connectivity index (χ1v) is 6.93. The number of ether oxygens (including phenoxy) is 1. The van der Waals surface area contributed by atoms with Gasteiger partial charge in [-0.05, 0) is 30.7 Å². The monoisotopic (exact) mass is 316 g/mol. The van der Waals surface area contributed by atoms with Crippen molar-refractivity contribution in [3.05, 3.63) is 42.0 Å². The minimum Gasteiger partial charge on any atom is -0.504 e. The number of benzene rings is 1. The van der Waals surface area contributed by atoms with Gasteiger partial charge in [-0.3, -0.25) is 19.8 Å². The van der Waals surface area contributed by atoms with Gasteiger partial charge in [-0.15, -0.1) is 6.58 Å². The van der Waals surface area contributed by atoms with Crippen molar-refractivity contribution in [1.82, 2.24) is 10.2 Å². The molecule has 0 radical (unpaired) electrons. The second-order valence-corrected chi connectivity index (χ2v) is 4.68. The second kappa shape index (κ2) is 6.78. The summed E-state index contributed by atoms with van der Waals surface area (Å²) in [5.74, 6) is -1.28. The highest BCUT2D eigenvalue weighted by Crippen LogP contribution is 2.28. The zero-order valence-corrected chi connectivity index (χ0v) is 12.5. The van der Waals surface area contributed by atoms with Crippen molar-refractivity contribution >= 4 is 23.9 Å². The van der Waals surface area contributed by atoms with Crippen molar-refractivity contribution < 1.29 is 24.2 Å². The number of barbiturate groups is 1. The zero-order valence-electron chi connectivity index (χ0n) is 12.5. The molecule has 1 aromatic rings. The molecule has 7 nitrogen and oxygen atoms in total. The first-order valence-electron chi connectivity index (χ1n) is 6.93. The Morgan fingerprint density at radius 2 is 2.09 bits per heavy atom. The number of phenols is 1. The summed E-state index contributed by atoms with van der Waals surface area (Å²) in [6.45, 7) is 5.59. The molecule has 0 aromatic heterocycles. The molecular formula is C16H16N2O5. The fraction of sp³-hybridized carbons (Fsp3) is 0.188. The van der Waals surface area contributed by atoms with Gasteiger partial charge in [0.25, 0.3) is 11.8 Å². The molecule has 4 amide bonds. The average molecular weight is 316 g/mol. The molecule has 1 heterocycles. The Labute approximate surface area is 132 Å². The van der Waals surface area contributed by atoms with Crippen LogP contribution in [0.15, 0.2) is 36.4 Å². The van der Waals surface area contributed by atoms with E-state index in [1.165, 1.54) is 30.4 Å². The van der Waals surface area contributed by atoms with E-state index in [0.29, 0.717) is 12.2 Å². The van der Waals surface area contributed by atoms with Crippen LogP contribution in [0.1, 0.15) is 12.5 Å². The Kier molecular flexibility index (Phi) is 4.80. The minimum atomic E-state index is -0.780. The van der Waals surface area contributed by atoms with Crippen molar-refractivity contribution in [2.75, 3.05) is 13.2 Å². The lowest BCUT2D eigenvalue weighted by molar-refractivity contribution is -0.129. The maximum Gasteiger partial charge on any atom is 0.331 e. The summed E-state index contributed by atoms with van der Waals surface area (Å²) < 4.78 is 5.25. The normalized spacial score (nSPS) is 16.5. The number of nitrogens with zero attached hydrogens (tertiary/aromatic N) is 1. The third-order valence-corrected chi connectivity index (χ3v) is 3.09. The Morgan fingerprint density at radius 3 is 2.74 bits per heavy atom. The first-order chi connectivity index (χ1) is 11.0. The molecule has 0 bridgehead atoms. The van der Waals surface area contributed by atoms with Crippen molar-refractivity contribution in [1.29, 1.82) is 0 Å². The van der Waals surface area contributed by atoms with Crippen molar-refractivity contribution in [3.8, 4) is 11.5 Å². The molecule has 0 aliphatic carbocycles. The number of aromatic hydroxyl groups is 1. The van der Waals surface area contributed by atoms with Crippen molar-refractivity contribution in [2.24, 2.45) is 0 Å². The molecule has 0 atom stereocenters. The number of hydrogen-bond acceptors (Lipinski definition) is 5. The summed E-state index contributed by atoms with van der Waals surface area (Å²) in [5, 5.41) is 11.8. The number of hydrogen-bond donors (Lipinski definition) is 2. The number of carbonyl (C=O) groups excluding carboxylic acids is 3. The van der Waals surface area contributed by atoms with Gasteiger partial charge in [-0.2, -0.15) is 0 Å². The van der Waals surface area contributed by atoms with E-state index >= 15 is 0 Å². The van der Waals surface area contributed by atoms with Crippen LogP contribution in [0.5, 0.6) is 11.5 Å². The topological polar surface area (TPSA) is 95.9 Å². The van der Waals surface area contributed by atoms with Crippen LogP contribution in [0.25, 0.3) is 6.08 Å². The predicted octanol–water partition coefficient (Wildman–Crippen LogP) is 1.44. The Bertz CT molecular complexity index is 708. The van der Waals surface area contributed by atoms with Gasteiger partial charge < -0.3 is 9.84 Å². The molecule has 0 saturated carbocycles. The third kappa shape index (κ3) is 3.39. The number of carbonyl (C=O) groups is 3. The number of amides is 4. The van der Waals surface area contributed by atoms with Gasteiger partial charge in [0, 0.05) is 6.54 Å². The zero-order chi connectivity index (χ0) is 17.0. The highest BCUT2D eigenvalue weighted by atomic mass is 16.5. The number of rotatable bonds is 5. The lowest BCUT2D eigenvalue weighted by Crippen LogP contribution is -2.54. The summed E-state index contributed by atoms with van der Waals surface area (Å²) in [7, 11) is 0. The summed E-state index contributed by atoms with van der Waals surface area (Å²) in [6.07, 6.45) is 2.72. The van der Waals surface area contributed by atoms with E-state index in [1.54, 1.807) is 6.92 Å². The van der Waals surface area contributed by atoms with Crippen molar-refractivity contribution in [2.45, 2.75) is 6.92 Å². The molecule has 1 saturated heterocycles. The van der Waals surface area contributed by atoms with E-state index in [4.69, 9.17) is 4.74 Å².